The molecule has 0 radical (unpaired) electrons. The SMILES string of the molecule is c1ccc([As]2c3ccccc3-c3ccccc32)c(OCCOCCOc2ccccc2[As]2c3ccccc3-c3ccccc32)c1. The van der Waals surface area contributed by atoms with Crippen LogP contribution in [0.25, 0.3) is 22.3 Å². The number of hydrogen-bond acceptors (Lipinski definition) is 3. The quantitative estimate of drug-likeness (QED) is 0.158. The Morgan fingerprint density at radius 2 is 0.600 bits per heavy atom. The average Bonchev–Trinajstić information content (AvgIpc) is 3.61. The summed E-state index contributed by atoms with van der Waals surface area (Å²) in [5.74, 6) is 1.94. The summed E-state index contributed by atoms with van der Waals surface area (Å²) in [7, 11) is 0. The van der Waals surface area contributed by atoms with Crippen molar-refractivity contribution in [1.29, 1.82) is 0 Å². The third-order valence-electron chi connectivity index (χ3n) is 8.34. The van der Waals surface area contributed by atoms with Gasteiger partial charge in [-0.15, -0.1) is 0 Å². The number of fused-ring (bicyclic) bond motifs is 6. The van der Waals surface area contributed by atoms with E-state index in [0.717, 1.165) is 11.5 Å². The van der Waals surface area contributed by atoms with Crippen molar-refractivity contribution in [1.82, 2.24) is 0 Å². The molecule has 5 heteroatoms. The normalized spacial score (nSPS) is 13.2. The van der Waals surface area contributed by atoms with Gasteiger partial charge in [0.05, 0.1) is 0 Å². The fourth-order valence-corrected chi connectivity index (χ4v) is 17.8. The molecule has 3 nitrogen and oxygen atoms in total. The van der Waals surface area contributed by atoms with Gasteiger partial charge in [0.15, 0.2) is 0 Å². The minimum atomic E-state index is -1.71. The molecule has 6 aromatic carbocycles. The number of ether oxygens (including phenoxy) is 3. The molecule has 2 heterocycles. The zero-order valence-electron chi connectivity index (χ0n) is 24.8. The van der Waals surface area contributed by atoms with Crippen LogP contribution in [0.5, 0.6) is 11.5 Å². The fraction of sp³-hybridized carbons (Fsp3) is 0.100. The standard InChI is InChI=1S/C40H32As2O3/c1-5-17-33-29(13-1)30-14-2-6-18-34(30)41(33)37-21-9-11-23-39(37)44-27-25-43-26-28-45-40-24-12-10-22-38(40)42-35-19-7-3-15-31(35)32-16-4-8-20-36(32)42/h1-24H,25-28H2. The monoisotopic (exact) mass is 710 g/mol. The average molecular weight is 711 g/mol. The fourth-order valence-electron chi connectivity index (χ4n) is 6.42. The molecule has 8 rings (SSSR count). The van der Waals surface area contributed by atoms with Gasteiger partial charge in [0, 0.05) is 0 Å². The number of hydrogen-bond donors (Lipinski definition) is 0. The molecule has 220 valence electrons. The zero-order chi connectivity index (χ0) is 30.0. The van der Waals surface area contributed by atoms with Crippen molar-refractivity contribution in [2.45, 2.75) is 0 Å². The second-order valence-corrected chi connectivity index (χ2v) is 19.9. The van der Waals surface area contributed by atoms with Crippen LogP contribution in [-0.4, -0.2) is 55.7 Å². The maximum atomic E-state index is 6.37. The second-order valence-electron chi connectivity index (χ2n) is 11.0. The molecule has 0 saturated heterocycles. The van der Waals surface area contributed by atoms with E-state index >= 15 is 0 Å². The van der Waals surface area contributed by atoms with Crippen LogP contribution in [0.15, 0.2) is 146 Å². The van der Waals surface area contributed by atoms with E-state index in [4.69, 9.17) is 14.2 Å². The molecule has 0 spiro atoms. The van der Waals surface area contributed by atoms with Crippen LogP contribution < -0.4 is 35.6 Å². The Bertz CT molecular complexity index is 1750. The summed E-state index contributed by atoms with van der Waals surface area (Å²) >= 11 is -3.41. The maximum absolute atomic E-state index is 6.37. The van der Waals surface area contributed by atoms with Gasteiger partial charge >= 0.3 is 275 Å². The van der Waals surface area contributed by atoms with E-state index in [-0.39, 0.29) is 0 Å². The summed E-state index contributed by atoms with van der Waals surface area (Å²) in [6.07, 6.45) is 0. The molecule has 0 bridgehead atoms. The van der Waals surface area contributed by atoms with Crippen molar-refractivity contribution < 1.29 is 14.2 Å². The molecular formula is C40H32As2O3. The summed E-state index contributed by atoms with van der Waals surface area (Å²) in [6, 6.07) is 52.6. The van der Waals surface area contributed by atoms with Gasteiger partial charge in [-0.3, -0.25) is 0 Å². The summed E-state index contributed by atoms with van der Waals surface area (Å²) in [4.78, 5) is 0. The molecule has 0 aromatic heterocycles. The number of benzene rings is 6. The summed E-state index contributed by atoms with van der Waals surface area (Å²) in [6.45, 7) is 2.03. The first-order valence-corrected chi connectivity index (χ1v) is 21.0. The topological polar surface area (TPSA) is 27.7 Å². The molecule has 0 saturated carbocycles. The predicted octanol–water partition coefficient (Wildman–Crippen LogP) is 4.15. The molecule has 0 amide bonds. The van der Waals surface area contributed by atoms with Gasteiger partial charge in [0.2, 0.25) is 0 Å². The van der Waals surface area contributed by atoms with E-state index in [1.807, 2.05) is 0 Å². The van der Waals surface area contributed by atoms with Gasteiger partial charge in [0.1, 0.15) is 0 Å². The van der Waals surface area contributed by atoms with E-state index in [1.54, 1.807) is 0 Å². The Balaban J connectivity index is 0.902. The Morgan fingerprint density at radius 1 is 0.311 bits per heavy atom. The molecule has 0 aliphatic carbocycles. The Labute approximate surface area is 274 Å². The van der Waals surface area contributed by atoms with Crippen LogP contribution in [0.1, 0.15) is 0 Å². The Morgan fingerprint density at radius 3 is 0.956 bits per heavy atom. The molecule has 45 heavy (non-hydrogen) atoms. The molecule has 6 aromatic rings. The van der Waals surface area contributed by atoms with Gasteiger partial charge in [-0.1, -0.05) is 0 Å². The second kappa shape index (κ2) is 12.8. The van der Waals surface area contributed by atoms with Crippen molar-refractivity contribution in [3.63, 3.8) is 0 Å². The molecule has 0 N–H and O–H groups in total. The van der Waals surface area contributed by atoms with Gasteiger partial charge in [-0.05, 0) is 0 Å². The van der Waals surface area contributed by atoms with Crippen LogP contribution in [-0.2, 0) is 4.74 Å². The van der Waals surface area contributed by atoms with Gasteiger partial charge in [-0.25, -0.2) is 0 Å². The minimum absolute atomic E-state index is 0.502. The van der Waals surface area contributed by atoms with Gasteiger partial charge < -0.3 is 0 Å². The summed E-state index contributed by atoms with van der Waals surface area (Å²) < 4.78 is 27.3. The first kappa shape index (κ1) is 28.5. The summed E-state index contributed by atoms with van der Waals surface area (Å²) in [5, 5.41) is 0. The van der Waals surface area contributed by atoms with E-state index in [9.17, 15) is 0 Å². The number of rotatable bonds is 10. The number of para-hydroxylation sites is 2. The third kappa shape index (κ3) is 5.34. The zero-order valence-corrected chi connectivity index (χ0v) is 28.6. The van der Waals surface area contributed by atoms with Crippen LogP contribution >= 0.6 is 0 Å². The van der Waals surface area contributed by atoms with Gasteiger partial charge in [0.25, 0.3) is 0 Å². The van der Waals surface area contributed by atoms with Crippen LogP contribution in [0.3, 0.4) is 0 Å². The van der Waals surface area contributed by atoms with Crippen molar-refractivity contribution >= 4 is 55.4 Å². The van der Waals surface area contributed by atoms with E-state index in [1.165, 1.54) is 48.4 Å². The summed E-state index contributed by atoms with van der Waals surface area (Å²) in [5.41, 5.74) is 5.49. The van der Waals surface area contributed by atoms with E-state index in [0.29, 0.717) is 26.4 Å². The van der Waals surface area contributed by atoms with Crippen molar-refractivity contribution in [3.8, 4) is 33.8 Å². The van der Waals surface area contributed by atoms with E-state index < -0.39 is 29.3 Å². The molecule has 0 fully saturated rings. The first-order valence-electron chi connectivity index (χ1n) is 15.4. The molecule has 2 aliphatic rings. The first-order chi connectivity index (χ1) is 22.4. The van der Waals surface area contributed by atoms with Crippen LogP contribution in [0.4, 0.5) is 0 Å². The third-order valence-corrected chi connectivity index (χ3v) is 19.2. The Hall–Kier alpha value is -4.00. The van der Waals surface area contributed by atoms with E-state index in [2.05, 4.69) is 146 Å². The molecule has 0 unspecified atom stereocenters. The van der Waals surface area contributed by atoms with Gasteiger partial charge in [-0.2, -0.15) is 0 Å². The predicted molar refractivity (Wildman–Crippen MR) is 188 cm³/mol. The van der Waals surface area contributed by atoms with Crippen molar-refractivity contribution in [2.75, 3.05) is 26.4 Å². The molecule has 0 atom stereocenters. The Kier molecular flexibility index (Phi) is 8.08. The van der Waals surface area contributed by atoms with Crippen LogP contribution in [0.2, 0.25) is 0 Å². The van der Waals surface area contributed by atoms with Crippen LogP contribution in [0, 0.1) is 0 Å². The molecular weight excluding hydrogens is 678 g/mol. The molecule has 2 aliphatic heterocycles. The van der Waals surface area contributed by atoms with Crippen molar-refractivity contribution in [3.05, 3.63) is 146 Å². The van der Waals surface area contributed by atoms with Crippen molar-refractivity contribution in [2.24, 2.45) is 0 Å².